The van der Waals surface area contributed by atoms with Gasteiger partial charge in [-0.1, -0.05) is 32.9 Å². The van der Waals surface area contributed by atoms with Crippen LogP contribution in [0.25, 0.3) is 10.9 Å². The molecule has 1 N–H and O–H groups in total. The van der Waals surface area contributed by atoms with E-state index in [9.17, 15) is 9.18 Å². The van der Waals surface area contributed by atoms with E-state index >= 15 is 0 Å². The van der Waals surface area contributed by atoms with E-state index in [2.05, 4.69) is 26.1 Å². The van der Waals surface area contributed by atoms with Crippen molar-refractivity contribution in [2.24, 2.45) is 16.7 Å². The van der Waals surface area contributed by atoms with Crippen LogP contribution in [0.15, 0.2) is 48.5 Å². The number of fused-ring (bicyclic) bond motifs is 3. The van der Waals surface area contributed by atoms with Gasteiger partial charge in [0, 0.05) is 23.5 Å². The number of hydrogen-bond donors (Lipinski definition) is 1. The Hall–Kier alpha value is -2.82. The third kappa shape index (κ3) is 3.30. The standard InChI is InChI=1S/C27H31FN2O2/c1-26(2)19-11-12-27(3,15-19)25(26)29-24(31)23-14-18-13-21(32-4)9-10-22(18)30(23)16-17-5-7-20(28)8-6-17/h5-10,13-14,19,25H,11-12,15-16H2,1-4H3,(H,29,31)/t19?,25?,27-/m1/s1. The van der Waals surface area contributed by atoms with Crippen LogP contribution < -0.4 is 10.1 Å². The van der Waals surface area contributed by atoms with E-state index in [4.69, 9.17) is 4.74 Å². The quantitative estimate of drug-likeness (QED) is 0.553. The number of amides is 1. The summed E-state index contributed by atoms with van der Waals surface area (Å²) in [4.78, 5) is 13.7. The van der Waals surface area contributed by atoms with Crippen molar-refractivity contribution in [1.82, 2.24) is 9.88 Å². The third-order valence-electron chi connectivity index (χ3n) is 8.14. The smallest absolute Gasteiger partial charge is 0.268 e. The molecule has 5 heteroatoms. The predicted molar refractivity (Wildman–Crippen MR) is 124 cm³/mol. The third-order valence-corrected chi connectivity index (χ3v) is 8.14. The Morgan fingerprint density at radius 3 is 2.56 bits per heavy atom. The topological polar surface area (TPSA) is 43.3 Å². The maximum atomic E-state index is 13.7. The predicted octanol–water partition coefficient (Wildman–Crippen LogP) is 5.78. The van der Waals surface area contributed by atoms with E-state index in [-0.39, 0.29) is 28.6 Å². The summed E-state index contributed by atoms with van der Waals surface area (Å²) in [7, 11) is 1.64. The number of rotatable bonds is 5. The molecule has 2 fully saturated rings. The molecular formula is C27H31FN2O2. The van der Waals surface area contributed by atoms with Gasteiger partial charge >= 0.3 is 0 Å². The molecule has 2 aliphatic rings. The minimum atomic E-state index is -0.263. The first kappa shape index (κ1) is 21.0. The first-order valence-electron chi connectivity index (χ1n) is 11.4. The lowest BCUT2D eigenvalue weighted by Crippen LogP contribution is -2.52. The van der Waals surface area contributed by atoms with Crippen molar-refractivity contribution in [1.29, 1.82) is 0 Å². The highest BCUT2D eigenvalue weighted by atomic mass is 19.1. The number of aromatic nitrogens is 1. The van der Waals surface area contributed by atoms with E-state index < -0.39 is 0 Å². The van der Waals surface area contributed by atoms with Gasteiger partial charge in [0.25, 0.3) is 5.91 Å². The molecule has 1 aromatic heterocycles. The van der Waals surface area contributed by atoms with Crippen LogP contribution in [-0.2, 0) is 6.54 Å². The minimum Gasteiger partial charge on any atom is -0.497 e. The summed E-state index contributed by atoms with van der Waals surface area (Å²) in [5, 5.41) is 4.38. The highest BCUT2D eigenvalue weighted by Gasteiger charge is 2.59. The molecule has 2 aromatic carbocycles. The van der Waals surface area contributed by atoms with E-state index in [0.29, 0.717) is 18.2 Å². The Labute approximate surface area is 188 Å². The first-order chi connectivity index (χ1) is 15.2. The zero-order chi connectivity index (χ0) is 22.7. The maximum Gasteiger partial charge on any atom is 0.268 e. The summed E-state index contributed by atoms with van der Waals surface area (Å²) < 4.78 is 20.9. The summed E-state index contributed by atoms with van der Waals surface area (Å²) in [5.74, 6) is 1.10. The summed E-state index contributed by atoms with van der Waals surface area (Å²) in [6.45, 7) is 7.41. The van der Waals surface area contributed by atoms with Gasteiger partial charge in [0.05, 0.1) is 7.11 Å². The molecule has 0 spiro atoms. The van der Waals surface area contributed by atoms with Gasteiger partial charge < -0.3 is 14.6 Å². The van der Waals surface area contributed by atoms with Crippen molar-refractivity contribution >= 4 is 16.8 Å². The van der Waals surface area contributed by atoms with Crippen LogP contribution in [0, 0.1) is 22.6 Å². The zero-order valence-electron chi connectivity index (χ0n) is 19.2. The summed E-state index contributed by atoms with van der Waals surface area (Å²) in [5.41, 5.74) is 2.76. The van der Waals surface area contributed by atoms with Gasteiger partial charge in [-0.15, -0.1) is 0 Å². The fourth-order valence-electron chi connectivity index (χ4n) is 6.37. The Bertz CT molecular complexity index is 1180. The Kier molecular flexibility index (Phi) is 4.84. The highest BCUT2D eigenvalue weighted by molar-refractivity contribution is 5.99. The number of nitrogens with zero attached hydrogens (tertiary/aromatic N) is 1. The van der Waals surface area contributed by atoms with Crippen molar-refractivity contribution in [2.45, 2.75) is 52.6 Å². The average Bonchev–Trinajstić information content (AvgIpc) is 3.39. The number of carbonyl (C=O) groups is 1. The molecule has 4 nitrogen and oxygen atoms in total. The largest absolute Gasteiger partial charge is 0.497 e. The second kappa shape index (κ2) is 7.36. The molecule has 32 heavy (non-hydrogen) atoms. The SMILES string of the molecule is COc1ccc2c(c1)cc(C(=O)NC1C(C)(C)C3CC[C@]1(C)C3)n2Cc1ccc(F)cc1. The van der Waals surface area contributed by atoms with Crippen LogP contribution in [0.3, 0.4) is 0 Å². The monoisotopic (exact) mass is 434 g/mol. The number of ether oxygens (including phenoxy) is 1. The Morgan fingerprint density at radius 1 is 1.16 bits per heavy atom. The van der Waals surface area contributed by atoms with Gasteiger partial charge in [0.1, 0.15) is 17.3 Å². The molecule has 3 atom stereocenters. The molecule has 0 aliphatic heterocycles. The average molecular weight is 435 g/mol. The summed E-state index contributed by atoms with van der Waals surface area (Å²) in [6, 6.07) is 14.4. The maximum absolute atomic E-state index is 13.7. The van der Waals surface area contributed by atoms with E-state index in [0.717, 1.165) is 22.2 Å². The number of hydrogen-bond acceptors (Lipinski definition) is 2. The van der Waals surface area contributed by atoms with Crippen LogP contribution in [0.1, 0.15) is 56.1 Å². The lowest BCUT2D eigenvalue weighted by molar-refractivity contribution is 0.0730. The summed E-state index contributed by atoms with van der Waals surface area (Å²) >= 11 is 0. The van der Waals surface area contributed by atoms with Crippen LogP contribution in [-0.4, -0.2) is 23.6 Å². The van der Waals surface area contributed by atoms with Gasteiger partial charge in [-0.2, -0.15) is 0 Å². The molecule has 2 bridgehead atoms. The second-order valence-electron chi connectivity index (χ2n) is 10.5. The first-order valence-corrected chi connectivity index (χ1v) is 11.4. The summed E-state index contributed by atoms with van der Waals surface area (Å²) in [6.07, 6.45) is 3.60. The van der Waals surface area contributed by atoms with Gasteiger partial charge in [0.15, 0.2) is 0 Å². The molecule has 168 valence electrons. The van der Waals surface area contributed by atoms with Gasteiger partial charge in [-0.25, -0.2) is 4.39 Å². The molecule has 2 aliphatic carbocycles. The molecule has 3 aromatic rings. The number of methoxy groups -OCH3 is 1. The van der Waals surface area contributed by atoms with E-state index in [1.54, 1.807) is 19.2 Å². The van der Waals surface area contributed by atoms with Crippen molar-refractivity contribution in [3.63, 3.8) is 0 Å². The van der Waals surface area contributed by atoms with Crippen molar-refractivity contribution in [3.8, 4) is 5.75 Å². The second-order valence-corrected chi connectivity index (χ2v) is 10.5. The zero-order valence-corrected chi connectivity index (χ0v) is 19.2. The normalized spacial score (nSPS) is 25.9. The lowest BCUT2D eigenvalue weighted by atomic mass is 9.68. The van der Waals surface area contributed by atoms with Crippen LogP contribution in [0.5, 0.6) is 5.75 Å². The number of carbonyl (C=O) groups excluding carboxylic acids is 1. The number of benzene rings is 2. The molecule has 2 saturated carbocycles. The van der Waals surface area contributed by atoms with Crippen molar-refractivity contribution in [3.05, 3.63) is 65.6 Å². The highest BCUT2D eigenvalue weighted by Crippen LogP contribution is 2.62. The van der Waals surface area contributed by atoms with Crippen LogP contribution in [0.2, 0.25) is 0 Å². The fourth-order valence-corrected chi connectivity index (χ4v) is 6.37. The minimum absolute atomic E-state index is 0.0471. The van der Waals surface area contributed by atoms with E-state index in [1.165, 1.54) is 31.4 Å². The number of halogens is 1. The molecule has 2 unspecified atom stereocenters. The fraction of sp³-hybridized carbons (Fsp3) is 0.444. The molecule has 0 saturated heterocycles. The van der Waals surface area contributed by atoms with Crippen LogP contribution in [0.4, 0.5) is 4.39 Å². The van der Waals surface area contributed by atoms with Crippen LogP contribution >= 0.6 is 0 Å². The van der Waals surface area contributed by atoms with Gasteiger partial charge in [0.2, 0.25) is 0 Å². The van der Waals surface area contributed by atoms with E-state index in [1.807, 2.05) is 28.8 Å². The lowest BCUT2D eigenvalue weighted by Gasteiger charge is -2.43. The Morgan fingerprint density at radius 2 is 1.91 bits per heavy atom. The van der Waals surface area contributed by atoms with Crippen molar-refractivity contribution in [2.75, 3.05) is 7.11 Å². The molecular weight excluding hydrogens is 403 g/mol. The Balaban J connectivity index is 1.53. The van der Waals surface area contributed by atoms with Crippen molar-refractivity contribution < 1.29 is 13.9 Å². The van der Waals surface area contributed by atoms with Gasteiger partial charge in [-0.05, 0) is 78.0 Å². The van der Waals surface area contributed by atoms with Gasteiger partial charge in [-0.3, -0.25) is 4.79 Å². The molecule has 1 heterocycles. The number of nitrogens with one attached hydrogen (secondary N) is 1. The molecule has 1 amide bonds. The molecule has 0 radical (unpaired) electrons. The molecule has 5 rings (SSSR count).